The minimum atomic E-state index is -0.0628. The number of benzene rings is 2. The van der Waals surface area contributed by atoms with Gasteiger partial charge in [-0.3, -0.25) is 4.79 Å². The molecule has 0 bridgehead atoms. The first-order valence-electron chi connectivity index (χ1n) is 9.77. The lowest BCUT2D eigenvalue weighted by molar-refractivity contribution is -0.121. The number of nitrogens with zero attached hydrogens (tertiary/aromatic N) is 3. The van der Waals surface area contributed by atoms with Crippen molar-refractivity contribution in [2.45, 2.75) is 13.0 Å². The van der Waals surface area contributed by atoms with Crippen LogP contribution >= 0.6 is 11.3 Å². The fraction of sp³-hybridized carbons (Fsp3) is 0.227. The largest absolute Gasteiger partial charge is 0.486 e. The van der Waals surface area contributed by atoms with Gasteiger partial charge < -0.3 is 19.4 Å². The normalized spacial score (nSPS) is 12.8. The molecule has 0 spiro atoms. The molecule has 0 radical (unpaired) electrons. The van der Waals surface area contributed by atoms with Crippen LogP contribution in [0.5, 0.6) is 11.5 Å². The number of amides is 1. The van der Waals surface area contributed by atoms with E-state index < -0.39 is 0 Å². The summed E-state index contributed by atoms with van der Waals surface area (Å²) >= 11 is 1.51. The van der Waals surface area contributed by atoms with Crippen molar-refractivity contribution in [2.24, 2.45) is 0 Å². The molecule has 152 valence electrons. The van der Waals surface area contributed by atoms with Crippen molar-refractivity contribution in [3.63, 3.8) is 0 Å². The lowest BCUT2D eigenvalue weighted by Crippen LogP contribution is -2.29. The summed E-state index contributed by atoms with van der Waals surface area (Å²) in [5.41, 5.74) is 5.41. The van der Waals surface area contributed by atoms with Gasteiger partial charge in [-0.25, -0.2) is 9.97 Å². The van der Waals surface area contributed by atoms with Gasteiger partial charge in [-0.1, -0.05) is 18.2 Å². The Labute approximate surface area is 177 Å². The number of carbonyl (C=O) groups is 1. The molecule has 4 aromatic rings. The Bertz CT molecular complexity index is 1190. The molecule has 30 heavy (non-hydrogen) atoms. The molecule has 0 unspecified atom stereocenters. The SMILES string of the molecule is O=C(Cn1c(-c2cscn2)nc2ccccc21)NCCc1ccc2c(c1)OCCO2. The van der Waals surface area contributed by atoms with E-state index in [1.807, 2.05) is 52.4 Å². The molecule has 3 heterocycles. The lowest BCUT2D eigenvalue weighted by atomic mass is 10.1. The second kappa shape index (κ2) is 8.16. The molecule has 7 nitrogen and oxygen atoms in total. The Morgan fingerprint density at radius 2 is 2.00 bits per heavy atom. The summed E-state index contributed by atoms with van der Waals surface area (Å²) < 4.78 is 13.1. The number of thiazole rings is 1. The van der Waals surface area contributed by atoms with E-state index in [1.165, 1.54) is 11.3 Å². The van der Waals surface area contributed by atoms with Gasteiger partial charge in [-0.2, -0.15) is 0 Å². The first-order chi connectivity index (χ1) is 14.8. The second-order valence-corrected chi connectivity index (χ2v) is 7.68. The van der Waals surface area contributed by atoms with Crippen molar-refractivity contribution < 1.29 is 14.3 Å². The number of fused-ring (bicyclic) bond motifs is 2. The number of imidazole rings is 1. The molecule has 1 aliphatic rings. The number of para-hydroxylation sites is 2. The van der Waals surface area contributed by atoms with Crippen LogP contribution in [0.15, 0.2) is 53.4 Å². The van der Waals surface area contributed by atoms with Crippen LogP contribution in [0.2, 0.25) is 0 Å². The van der Waals surface area contributed by atoms with Gasteiger partial charge in [0.05, 0.1) is 16.5 Å². The van der Waals surface area contributed by atoms with E-state index in [0.29, 0.717) is 32.0 Å². The summed E-state index contributed by atoms with van der Waals surface area (Å²) in [6, 6.07) is 13.7. The maximum absolute atomic E-state index is 12.7. The number of carbonyl (C=O) groups excluding carboxylic acids is 1. The third kappa shape index (κ3) is 3.73. The standard InChI is InChI=1S/C22H20N4O3S/c27-21(23-8-7-15-5-6-19-20(11-15)29-10-9-28-19)12-26-18-4-2-1-3-16(18)25-22(26)17-13-30-14-24-17/h1-6,11,13-14H,7-10,12H2,(H,23,27). The number of rotatable bonds is 6. The predicted molar refractivity (Wildman–Crippen MR) is 115 cm³/mol. The molecule has 5 rings (SSSR count). The molecule has 8 heteroatoms. The third-order valence-corrected chi connectivity index (χ3v) is 5.55. The van der Waals surface area contributed by atoms with E-state index in [1.54, 1.807) is 5.51 Å². The van der Waals surface area contributed by atoms with Crippen LogP contribution in [-0.4, -0.2) is 40.2 Å². The van der Waals surface area contributed by atoms with E-state index in [4.69, 9.17) is 9.47 Å². The minimum absolute atomic E-state index is 0.0628. The predicted octanol–water partition coefficient (Wildman–Crippen LogP) is 3.29. The van der Waals surface area contributed by atoms with Crippen molar-refractivity contribution in [3.05, 3.63) is 58.9 Å². The first-order valence-corrected chi connectivity index (χ1v) is 10.7. The summed E-state index contributed by atoms with van der Waals surface area (Å²) in [6.07, 6.45) is 0.714. The molecule has 1 aliphatic heterocycles. The van der Waals surface area contributed by atoms with Crippen LogP contribution in [0.3, 0.4) is 0 Å². The number of ether oxygens (including phenoxy) is 2. The van der Waals surface area contributed by atoms with Crippen molar-refractivity contribution in [3.8, 4) is 23.0 Å². The Balaban J connectivity index is 1.27. The Morgan fingerprint density at radius 1 is 1.13 bits per heavy atom. The van der Waals surface area contributed by atoms with E-state index in [9.17, 15) is 4.79 Å². The van der Waals surface area contributed by atoms with Crippen molar-refractivity contribution in [2.75, 3.05) is 19.8 Å². The van der Waals surface area contributed by atoms with Gasteiger partial charge in [0, 0.05) is 11.9 Å². The molecular weight excluding hydrogens is 400 g/mol. The van der Waals surface area contributed by atoms with Crippen LogP contribution in [0.25, 0.3) is 22.6 Å². The summed E-state index contributed by atoms with van der Waals surface area (Å²) in [6.45, 7) is 1.87. The Morgan fingerprint density at radius 3 is 2.87 bits per heavy atom. The summed E-state index contributed by atoms with van der Waals surface area (Å²) in [5, 5.41) is 4.95. The van der Waals surface area contributed by atoms with E-state index in [0.717, 1.165) is 33.8 Å². The van der Waals surface area contributed by atoms with Crippen molar-refractivity contribution in [1.82, 2.24) is 19.9 Å². The van der Waals surface area contributed by atoms with E-state index in [-0.39, 0.29) is 12.5 Å². The maximum atomic E-state index is 12.7. The Kier molecular flexibility index (Phi) is 5.06. The number of hydrogen-bond acceptors (Lipinski definition) is 6. The first kappa shape index (κ1) is 18.6. The average molecular weight is 420 g/mol. The zero-order chi connectivity index (χ0) is 20.3. The maximum Gasteiger partial charge on any atom is 0.240 e. The monoisotopic (exact) mass is 420 g/mol. The van der Waals surface area contributed by atoms with Crippen LogP contribution in [0, 0.1) is 0 Å². The molecule has 0 saturated carbocycles. The van der Waals surface area contributed by atoms with Gasteiger partial charge in [-0.05, 0) is 36.2 Å². The van der Waals surface area contributed by atoms with Crippen LogP contribution < -0.4 is 14.8 Å². The van der Waals surface area contributed by atoms with Crippen LogP contribution in [0.4, 0.5) is 0 Å². The zero-order valence-corrected chi connectivity index (χ0v) is 17.0. The average Bonchev–Trinajstić information content (AvgIpc) is 3.42. The van der Waals surface area contributed by atoms with Gasteiger partial charge in [0.1, 0.15) is 25.5 Å². The van der Waals surface area contributed by atoms with Crippen molar-refractivity contribution >= 4 is 28.3 Å². The highest BCUT2D eigenvalue weighted by Gasteiger charge is 2.16. The van der Waals surface area contributed by atoms with Gasteiger partial charge in [0.2, 0.25) is 5.91 Å². The van der Waals surface area contributed by atoms with Crippen molar-refractivity contribution in [1.29, 1.82) is 0 Å². The van der Waals surface area contributed by atoms with Gasteiger partial charge in [0.25, 0.3) is 0 Å². The minimum Gasteiger partial charge on any atom is -0.486 e. The molecule has 0 aliphatic carbocycles. The highest BCUT2D eigenvalue weighted by atomic mass is 32.1. The van der Waals surface area contributed by atoms with Gasteiger partial charge in [-0.15, -0.1) is 11.3 Å². The van der Waals surface area contributed by atoms with Gasteiger partial charge >= 0.3 is 0 Å². The van der Waals surface area contributed by atoms with E-state index in [2.05, 4.69) is 15.3 Å². The highest BCUT2D eigenvalue weighted by Crippen LogP contribution is 2.30. The fourth-order valence-corrected chi connectivity index (χ4v) is 4.07. The summed E-state index contributed by atoms with van der Waals surface area (Å²) in [5.74, 6) is 2.19. The topological polar surface area (TPSA) is 78.3 Å². The number of nitrogens with one attached hydrogen (secondary N) is 1. The number of hydrogen-bond donors (Lipinski definition) is 1. The Hall–Kier alpha value is -3.39. The molecule has 1 amide bonds. The summed E-state index contributed by atoms with van der Waals surface area (Å²) in [7, 11) is 0. The molecule has 0 fully saturated rings. The smallest absolute Gasteiger partial charge is 0.240 e. The lowest BCUT2D eigenvalue weighted by Gasteiger charge is -2.18. The molecule has 0 atom stereocenters. The van der Waals surface area contributed by atoms with Crippen LogP contribution in [-0.2, 0) is 17.8 Å². The zero-order valence-electron chi connectivity index (χ0n) is 16.2. The molecule has 2 aromatic carbocycles. The number of aromatic nitrogens is 3. The van der Waals surface area contributed by atoms with Crippen LogP contribution in [0.1, 0.15) is 5.56 Å². The molecule has 0 saturated heterocycles. The van der Waals surface area contributed by atoms with E-state index >= 15 is 0 Å². The fourth-order valence-electron chi connectivity index (χ4n) is 3.54. The van der Waals surface area contributed by atoms with Gasteiger partial charge in [0.15, 0.2) is 17.3 Å². The molecular formula is C22H20N4O3S. The highest BCUT2D eigenvalue weighted by molar-refractivity contribution is 7.07. The third-order valence-electron chi connectivity index (χ3n) is 4.96. The molecule has 2 aromatic heterocycles. The molecule has 1 N–H and O–H groups in total. The summed E-state index contributed by atoms with van der Waals surface area (Å²) in [4.78, 5) is 21.7. The second-order valence-electron chi connectivity index (χ2n) is 6.96. The quantitative estimate of drug-likeness (QED) is 0.518.